The van der Waals surface area contributed by atoms with E-state index in [0.29, 0.717) is 9.31 Å². The van der Waals surface area contributed by atoms with Gasteiger partial charge in [0.2, 0.25) is 0 Å². The third-order valence-electron chi connectivity index (χ3n) is 2.07. The maximum Gasteiger partial charge on any atom is 0.143 e. The molecule has 0 bridgehead atoms. The summed E-state index contributed by atoms with van der Waals surface area (Å²) < 4.78 is 5.97. The summed E-state index contributed by atoms with van der Waals surface area (Å²) >= 11 is 11.7. The van der Waals surface area contributed by atoms with Crippen molar-refractivity contribution in [3.8, 4) is 5.75 Å². The molecule has 16 heavy (non-hydrogen) atoms. The van der Waals surface area contributed by atoms with E-state index in [4.69, 9.17) is 29.2 Å². The van der Waals surface area contributed by atoms with Crippen molar-refractivity contribution in [2.24, 2.45) is 0 Å². The molecule has 82 valence electrons. The lowest BCUT2D eigenvalue weighted by Crippen LogP contribution is -2.15. The molecule has 2 rings (SSSR count). The molecule has 0 aromatic heterocycles. The summed E-state index contributed by atoms with van der Waals surface area (Å²) in [6, 6.07) is 7.80. The fraction of sp³-hybridized carbons (Fsp3) is 0.0909. The van der Waals surface area contributed by atoms with Crippen molar-refractivity contribution in [1.29, 1.82) is 0 Å². The van der Waals surface area contributed by atoms with Gasteiger partial charge in [0.25, 0.3) is 0 Å². The van der Waals surface area contributed by atoms with Crippen molar-refractivity contribution < 1.29 is 4.74 Å². The third kappa shape index (κ3) is 2.42. The van der Waals surface area contributed by atoms with Gasteiger partial charge in [0.05, 0.1) is 12.0 Å². The van der Waals surface area contributed by atoms with Gasteiger partial charge in [-0.05, 0) is 12.1 Å². The van der Waals surface area contributed by atoms with Gasteiger partial charge in [0.15, 0.2) is 0 Å². The largest absolute Gasteiger partial charge is 0.496 e. The average Bonchev–Trinajstić information content (AvgIpc) is 2.58. The first-order valence-corrected chi connectivity index (χ1v) is 6.22. The van der Waals surface area contributed by atoms with Crippen LogP contribution in [0.3, 0.4) is 0 Å². The highest BCUT2D eigenvalue weighted by molar-refractivity contribution is 8.27. The highest BCUT2D eigenvalue weighted by Gasteiger charge is 2.18. The predicted molar refractivity (Wildman–Crippen MR) is 76.9 cm³/mol. The van der Waals surface area contributed by atoms with Crippen LogP contribution < -0.4 is 10.1 Å². The van der Waals surface area contributed by atoms with E-state index in [1.165, 1.54) is 11.8 Å². The second-order valence-electron chi connectivity index (χ2n) is 3.09. The number of rotatable bonds is 2. The van der Waals surface area contributed by atoms with Crippen LogP contribution in [0.5, 0.6) is 5.75 Å². The van der Waals surface area contributed by atoms with Gasteiger partial charge in [0.1, 0.15) is 15.1 Å². The van der Waals surface area contributed by atoms with Gasteiger partial charge < -0.3 is 10.1 Å². The SMILES string of the molecule is COc1ccccc1/C=C1\SC(=S)NC1=S. The minimum absolute atomic E-state index is 0.681. The normalized spacial score (nSPS) is 17.7. The molecule has 1 heterocycles. The average molecular weight is 267 g/mol. The van der Waals surface area contributed by atoms with E-state index in [1.807, 2.05) is 30.3 Å². The Morgan fingerprint density at radius 2 is 2.06 bits per heavy atom. The lowest BCUT2D eigenvalue weighted by atomic mass is 10.2. The minimum atomic E-state index is 0.681. The van der Waals surface area contributed by atoms with Crippen LogP contribution in [0.4, 0.5) is 0 Å². The van der Waals surface area contributed by atoms with Crippen LogP contribution in [0.15, 0.2) is 29.2 Å². The standard InChI is InChI=1S/C11H9NOS3/c1-13-8-5-3-2-4-7(8)6-9-10(14)12-11(15)16-9/h2-6H,1H3,(H,12,14,15)/b9-6-. The quantitative estimate of drug-likeness (QED) is 0.655. The van der Waals surface area contributed by atoms with Crippen LogP contribution >= 0.6 is 36.2 Å². The molecule has 0 radical (unpaired) electrons. The van der Waals surface area contributed by atoms with Crippen molar-refractivity contribution in [3.63, 3.8) is 0 Å². The summed E-state index contributed by atoms with van der Waals surface area (Å²) in [5.74, 6) is 0.830. The predicted octanol–water partition coefficient (Wildman–Crippen LogP) is 2.98. The molecular formula is C11H9NOS3. The molecule has 5 heteroatoms. The Hall–Kier alpha value is -0.910. The number of ether oxygens (including phenoxy) is 1. The smallest absolute Gasteiger partial charge is 0.143 e. The summed E-state index contributed by atoms with van der Waals surface area (Å²) in [7, 11) is 1.65. The Labute approximate surface area is 109 Å². The van der Waals surface area contributed by atoms with Crippen LogP contribution in [0.25, 0.3) is 6.08 Å². The summed E-state index contributed by atoms with van der Waals surface area (Å²) in [6.07, 6.45) is 1.98. The molecule has 0 saturated carbocycles. The van der Waals surface area contributed by atoms with Crippen molar-refractivity contribution in [3.05, 3.63) is 34.7 Å². The number of methoxy groups -OCH3 is 1. The number of hydrogen-bond donors (Lipinski definition) is 1. The van der Waals surface area contributed by atoms with Gasteiger partial charge in [-0.15, -0.1) is 0 Å². The highest BCUT2D eigenvalue weighted by atomic mass is 32.2. The van der Waals surface area contributed by atoms with Crippen LogP contribution in [-0.4, -0.2) is 16.4 Å². The molecular weight excluding hydrogens is 258 g/mol. The van der Waals surface area contributed by atoms with Crippen LogP contribution in [0.1, 0.15) is 5.56 Å². The Balaban J connectivity index is 2.36. The first kappa shape index (κ1) is 11.6. The molecule has 2 nitrogen and oxygen atoms in total. The molecule has 1 fully saturated rings. The van der Waals surface area contributed by atoms with Gasteiger partial charge in [-0.1, -0.05) is 54.4 Å². The zero-order chi connectivity index (χ0) is 11.5. The number of benzene rings is 1. The Morgan fingerprint density at radius 3 is 2.69 bits per heavy atom. The highest BCUT2D eigenvalue weighted by Crippen LogP contribution is 2.29. The molecule has 0 atom stereocenters. The topological polar surface area (TPSA) is 21.3 Å². The van der Waals surface area contributed by atoms with E-state index >= 15 is 0 Å². The van der Waals surface area contributed by atoms with E-state index < -0.39 is 0 Å². The molecule has 0 amide bonds. The summed E-state index contributed by atoms with van der Waals surface area (Å²) in [5.41, 5.74) is 1.00. The molecule has 0 spiro atoms. The number of hydrogen-bond acceptors (Lipinski definition) is 4. The molecule has 1 aromatic carbocycles. The van der Waals surface area contributed by atoms with Crippen molar-refractivity contribution in [1.82, 2.24) is 5.32 Å². The second-order valence-corrected chi connectivity index (χ2v) is 5.22. The van der Waals surface area contributed by atoms with Crippen molar-refractivity contribution in [2.75, 3.05) is 7.11 Å². The van der Waals surface area contributed by atoms with Crippen molar-refractivity contribution >= 4 is 51.6 Å². The fourth-order valence-electron chi connectivity index (χ4n) is 1.35. The molecule has 1 aromatic rings. The van der Waals surface area contributed by atoms with Crippen molar-refractivity contribution in [2.45, 2.75) is 0 Å². The Bertz CT molecular complexity index is 482. The molecule has 0 aliphatic carbocycles. The first-order valence-electron chi connectivity index (χ1n) is 4.58. The molecule has 1 N–H and O–H groups in total. The fourth-order valence-corrected chi connectivity index (χ4v) is 2.82. The Kier molecular flexibility index (Phi) is 3.58. The summed E-state index contributed by atoms with van der Waals surface area (Å²) in [5, 5.41) is 2.94. The monoisotopic (exact) mass is 267 g/mol. The zero-order valence-electron chi connectivity index (χ0n) is 8.52. The molecule has 1 saturated heterocycles. The van der Waals surface area contributed by atoms with E-state index in [9.17, 15) is 0 Å². The summed E-state index contributed by atoms with van der Waals surface area (Å²) in [6.45, 7) is 0. The van der Waals surface area contributed by atoms with Gasteiger partial charge in [-0.25, -0.2) is 0 Å². The van der Waals surface area contributed by atoms with Gasteiger partial charge >= 0.3 is 0 Å². The number of para-hydroxylation sites is 1. The van der Waals surface area contributed by atoms with Gasteiger partial charge in [-0.2, -0.15) is 0 Å². The van der Waals surface area contributed by atoms with Gasteiger partial charge in [-0.3, -0.25) is 0 Å². The van der Waals surface area contributed by atoms with Crippen LogP contribution in [-0.2, 0) is 0 Å². The zero-order valence-corrected chi connectivity index (χ0v) is 11.0. The van der Waals surface area contributed by atoms with E-state index in [-0.39, 0.29) is 0 Å². The van der Waals surface area contributed by atoms with Crippen LogP contribution in [0.2, 0.25) is 0 Å². The number of thioether (sulfide) groups is 1. The number of thiocarbonyl (C=S) groups is 2. The van der Waals surface area contributed by atoms with E-state index in [2.05, 4.69) is 5.32 Å². The van der Waals surface area contributed by atoms with E-state index in [1.54, 1.807) is 7.11 Å². The molecule has 0 unspecified atom stereocenters. The minimum Gasteiger partial charge on any atom is -0.496 e. The second kappa shape index (κ2) is 4.95. The third-order valence-corrected chi connectivity index (χ3v) is 3.70. The molecule has 1 aliphatic heterocycles. The lowest BCUT2D eigenvalue weighted by molar-refractivity contribution is 0.414. The first-order chi connectivity index (χ1) is 7.70. The summed E-state index contributed by atoms with van der Waals surface area (Å²) in [4.78, 5) is 1.64. The maximum atomic E-state index is 5.27. The maximum absolute atomic E-state index is 5.27. The lowest BCUT2D eigenvalue weighted by Gasteiger charge is -2.04. The molecule has 1 aliphatic rings. The van der Waals surface area contributed by atoms with Crippen LogP contribution in [0, 0.1) is 0 Å². The Morgan fingerprint density at radius 1 is 1.31 bits per heavy atom. The van der Waals surface area contributed by atoms with Gasteiger partial charge in [0, 0.05) is 5.56 Å². The van der Waals surface area contributed by atoms with E-state index in [0.717, 1.165) is 16.2 Å². The number of nitrogens with one attached hydrogen (secondary N) is 1.